The lowest BCUT2D eigenvalue weighted by atomic mass is 9.81. The number of aromatic nitrogens is 1. The maximum atomic E-state index is 14.0. The molecule has 9 nitrogen and oxygen atoms in total. The lowest BCUT2D eigenvalue weighted by Gasteiger charge is -2.34. The van der Waals surface area contributed by atoms with Crippen molar-refractivity contribution in [2.75, 3.05) is 12.0 Å². The molecule has 4 atom stereocenters. The summed E-state index contributed by atoms with van der Waals surface area (Å²) in [6.07, 6.45) is 2.02. The highest BCUT2D eigenvalue weighted by Crippen LogP contribution is 2.61. The van der Waals surface area contributed by atoms with Gasteiger partial charge in [0.2, 0.25) is 11.3 Å². The number of carbonyl (C=O) groups is 2. The Morgan fingerprint density at radius 1 is 1.19 bits per heavy atom. The van der Waals surface area contributed by atoms with Gasteiger partial charge in [-0.1, -0.05) is 38.1 Å². The highest BCUT2D eigenvalue weighted by Gasteiger charge is 2.72. The number of benzene rings is 2. The van der Waals surface area contributed by atoms with E-state index in [1.165, 1.54) is 12.1 Å². The van der Waals surface area contributed by atoms with E-state index in [-0.39, 0.29) is 32.9 Å². The number of anilines is 1. The van der Waals surface area contributed by atoms with Crippen LogP contribution in [0.5, 0.6) is 5.75 Å². The van der Waals surface area contributed by atoms with Crippen LogP contribution in [0.1, 0.15) is 57.8 Å². The topological polar surface area (TPSA) is 152 Å². The Labute approximate surface area is 207 Å². The summed E-state index contributed by atoms with van der Waals surface area (Å²) >= 11 is 0. The van der Waals surface area contributed by atoms with Gasteiger partial charge in [0.25, 0.3) is 11.7 Å². The number of nitrogens with two attached hydrogens (primary N) is 1. The number of nitrogens with one attached hydrogen (secondary N) is 2. The third-order valence-corrected chi connectivity index (χ3v) is 9.14. The number of ketones is 1. The Morgan fingerprint density at radius 3 is 2.56 bits per heavy atom. The average Bonchev–Trinajstić information content (AvgIpc) is 3.14. The summed E-state index contributed by atoms with van der Waals surface area (Å²) in [4.78, 5) is 30.0. The molecule has 36 heavy (non-hydrogen) atoms. The minimum Gasteiger partial charge on any atom is -0.454 e. The number of nitrogen functional groups attached to an aromatic ring is 1. The molecule has 1 aliphatic heterocycles. The molecule has 0 radical (unpaired) electrons. The van der Waals surface area contributed by atoms with Gasteiger partial charge in [-0.3, -0.25) is 9.59 Å². The molecular formula is C26H25N3O6S. The first-order valence-electron chi connectivity index (χ1n) is 11.5. The largest absolute Gasteiger partial charge is 0.454 e. The van der Waals surface area contributed by atoms with Gasteiger partial charge in [0.15, 0.2) is 9.84 Å². The maximum absolute atomic E-state index is 14.0. The molecule has 10 heteroatoms. The van der Waals surface area contributed by atoms with E-state index < -0.39 is 32.9 Å². The summed E-state index contributed by atoms with van der Waals surface area (Å²) in [7, 11) is -3.59. The summed E-state index contributed by atoms with van der Waals surface area (Å²) in [5.41, 5.74) is 5.67. The van der Waals surface area contributed by atoms with E-state index in [1.54, 1.807) is 24.3 Å². The number of amides is 1. The van der Waals surface area contributed by atoms with Gasteiger partial charge >= 0.3 is 0 Å². The van der Waals surface area contributed by atoms with Crippen LogP contribution in [0.15, 0.2) is 53.6 Å². The molecule has 5 N–H and O–H groups in total. The van der Waals surface area contributed by atoms with Crippen LogP contribution in [0.2, 0.25) is 0 Å². The molecule has 1 amide bonds. The molecule has 1 saturated carbocycles. The van der Waals surface area contributed by atoms with Gasteiger partial charge in [-0.25, -0.2) is 8.42 Å². The van der Waals surface area contributed by atoms with Crippen LogP contribution >= 0.6 is 0 Å². The van der Waals surface area contributed by atoms with Crippen LogP contribution in [0.25, 0.3) is 0 Å². The van der Waals surface area contributed by atoms with E-state index in [0.717, 1.165) is 18.2 Å². The maximum Gasteiger partial charge on any atom is 0.271 e. The molecule has 1 fully saturated rings. The highest BCUT2D eigenvalue weighted by atomic mass is 32.2. The van der Waals surface area contributed by atoms with Crippen molar-refractivity contribution in [3.63, 3.8) is 0 Å². The molecule has 2 heterocycles. The number of hydrogen-bond donors (Lipinski definition) is 4. The molecule has 3 aromatic rings. The number of ether oxygens (including phenoxy) is 1. The predicted octanol–water partition coefficient (Wildman–Crippen LogP) is 2.36. The van der Waals surface area contributed by atoms with Crippen LogP contribution < -0.4 is 15.8 Å². The molecule has 2 aromatic carbocycles. The molecule has 2 aliphatic carbocycles. The summed E-state index contributed by atoms with van der Waals surface area (Å²) in [5, 5.41) is 14.6. The molecule has 6 rings (SSSR count). The monoisotopic (exact) mass is 507 g/mol. The number of rotatable bonds is 4. The lowest BCUT2D eigenvalue weighted by Crippen LogP contribution is -2.60. The van der Waals surface area contributed by atoms with E-state index in [2.05, 4.69) is 24.1 Å². The van der Waals surface area contributed by atoms with Crippen molar-refractivity contribution in [2.24, 2.45) is 5.92 Å². The molecule has 3 aliphatic rings. The van der Waals surface area contributed by atoms with Crippen molar-refractivity contribution < 1.29 is 27.9 Å². The zero-order chi connectivity index (χ0) is 25.8. The smallest absolute Gasteiger partial charge is 0.271 e. The Balaban J connectivity index is 1.52. The Bertz CT molecular complexity index is 1610. The second-order valence-electron chi connectivity index (χ2n) is 10.3. The average molecular weight is 508 g/mol. The number of sulfone groups is 1. The first-order valence-corrected chi connectivity index (χ1v) is 13.4. The van der Waals surface area contributed by atoms with Crippen molar-refractivity contribution in [1.82, 2.24) is 10.3 Å². The summed E-state index contributed by atoms with van der Waals surface area (Å²) in [5.74, 6) is -2.88. The van der Waals surface area contributed by atoms with Gasteiger partial charge in [-0.2, -0.15) is 0 Å². The van der Waals surface area contributed by atoms with E-state index in [9.17, 15) is 23.1 Å². The molecule has 4 unspecified atom stereocenters. The van der Waals surface area contributed by atoms with E-state index in [0.29, 0.717) is 17.2 Å². The van der Waals surface area contributed by atoms with Crippen molar-refractivity contribution in [1.29, 1.82) is 0 Å². The zero-order valence-electron chi connectivity index (χ0n) is 19.9. The normalized spacial score (nSPS) is 29.8. The van der Waals surface area contributed by atoms with Crippen LogP contribution in [0, 0.1) is 5.92 Å². The standard InChI is InChI=1S/C26H25N3O6S/c1-13-12-24(13,2)14-7-8-15-19(11-14)35-26(32)16-5-4-6-17(27)21(16)22(30)25(15,26)29-23(31)18-9-10-20(28-18)36(3,33)34/h4-11,13,28,32H,12,27H2,1-3H3,(H,29,31). The van der Waals surface area contributed by atoms with Crippen LogP contribution in [0.3, 0.4) is 0 Å². The molecule has 0 saturated heterocycles. The van der Waals surface area contributed by atoms with E-state index in [1.807, 2.05) is 12.1 Å². The van der Waals surface area contributed by atoms with E-state index in [4.69, 9.17) is 10.5 Å². The van der Waals surface area contributed by atoms with Crippen LogP contribution in [-0.4, -0.2) is 36.5 Å². The lowest BCUT2D eigenvalue weighted by molar-refractivity contribution is -0.169. The zero-order valence-corrected chi connectivity index (χ0v) is 20.7. The van der Waals surface area contributed by atoms with Crippen LogP contribution in [0.4, 0.5) is 5.69 Å². The molecule has 1 aromatic heterocycles. The Hall–Kier alpha value is -3.63. The fourth-order valence-corrected chi connectivity index (χ4v) is 6.28. The minimum atomic E-state index is -3.59. The molecule has 186 valence electrons. The number of aromatic amines is 1. The SMILES string of the molecule is CC1CC1(C)c1ccc2c(c1)OC1(O)c3cccc(N)c3C(=O)C21NC(=O)c1ccc(S(C)(=O)=O)[nH]1. The third kappa shape index (κ3) is 2.71. The fraction of sp³-hybridized carbons (Fsp3) is 0.308. The molecule has 0 bridgehead atoms. The number of hydrogen-bond acceptors (Lipinski definition) is 7. The van der Waals surface area contributed by atoms with Gasteiger partial charge in [-0.05, 0) is 47.6 Å². The van der Waals surface area contributed by atoms with Crippen molar-refractivity contribution in [3.05, 3.63) is 76.5 Å². The van der Waals surface area contributed by atoms with Crippen molar-refractivity contribution in [2.45, 2.75) is 42.0 Å². The quantitative estimate of drug-likeness (QED) is 0.396. The number of carbonyl (C=O) groups excluding carboxylic acids is 2. The molecular weight excluding hydrogens is 482 g/mol. The first kappa shape index (κ1) is 22.8. The van der Waals surface area contributed by atoms with Gasteiger partial charge in [0, 0.05) is 23.1 Å². The third-order valence-electron chi connectivity index (χ3n) is 8.10. The number of fused-ring (bicyclic) bond motifs is 5. The number of H-pyrrole nitrogens is 1. The van der Waals surface area contributed by atoms with Gasteiger partial charge in [0.1, 0.15) is 16.5 Å². The minimum absolute atomic E-state index is 0.0340. The fourth-order valence-electron chi connectivity index (χ4n) is 5.67. The highest BCUT2D eigenvalue weighted by molar-refractivity contribution is 7.90. The summed E-state index contributed by atoms with van der Waals surface area (Å²) < 4.78 is 29.9. The van der Waals surface area contributed by atoms with Crippen LogP contribution in [-0.2, 0) is 26.6 Å². The van der Waals surface area contributed by atoms with E-state index >= 15 is 0 Å². The van der Waals surface area contributed by atoms with Gasteiger partial charge in [-0.15, -0.1) is 0 Å². The summed E-state index contributed by atoms with van der Waals surface area (Å²) in [6, 6.07) is 12.7. The first-order chi connectivity index (χ1) is 16.8. The number of Topliss-reactive ketones (excluding diaryl/α,β-unsaturated/α-hetero) is 1. The van der Waals surface area contributed by atoms with Gasteiger partial charge < -0.3 is 25.9 Å². The van der Waals surface area contributed by atoms with Crippen molar-refractivity contribution in [3.8, 4) is 5.75 Å². The molecule has 0 spiro atoms. The summed E-state index contributed by atoms with van der Waals surface area (Å²) in [6.45, 7) is 4.30. The number of aliphatic hydroxyl groups is 1. The van der Waals surface area contributed by atoms with Crippen molar-refractivity contribution >= 4 is 27.2 Å². The second kappa shape index (κ2) is 6.77. The second-order valence-corrected chi connectivity index (χ2v) is 12.3. The Kier molecular flexibility index (Phi) is 4.29. The van der Waals surface area contributed by atoms with Gasteiger partial charge in [0.05, 0.1) is 5.56 Å². The Morgan fingerprint density at radius 2 is 1.92 bits per heavy atom. The predicted molar refractivity (Wildman–Crippen MR) is 130 cm³/mol.